The van der Waals surface area contributed by atoms with Gasteiger partial charge in [-0.1, -0.05) is 34.2 Å². The van der Waals surface area contributed by atoms with Gasteiger partial charge >= 0.3 is 0 Å². The summed E-state index contributed by atoms with van der Waals surface area (Å²) in [5.74, 6) is 0.0735. The standard InChI is InChI=1S/C7H6BrN/c8-7-3-1-2-6(4-7)5-9/h1,3-4,6H,2H2. The first-order valence-corrected chi connectivity index (χ1v) is 3.55. The molecule has 0 saturated heterocycles. The van der Waals surface area contributed by atoms with Gasteiger partial charge in [0, 0.05) is 4.48 Å². The summed E-state index contributed by atoms with van der Waals surface area (Å²) in [7, 11) is 0. The minimum absolute atomic E-state index is 0.0735. The number of nitriles is 1. The van der Waals surface area contributed by atoms with E-state index in [1.807, 2.05) is 18.2 Å². The third kappa shape index (κ3) is 1.69. The van der Waals surface area contributed by atoms with Crippen molar-refractivity contribution in [2.75, 3.05) is 0 Å². The molecule has 2 heteroatoms. The maximum absolute atomic E-state index is 8.46. The van der Waals surface area contributed by atoms with Crippen molar-refractivity contribution >= 4 is 15.9 Å². The van der Waals surface area contributed by atoms with Crippen molar-refractivity contribution in [3.63, 3.8) is 0 Å². The van der Waals surface area contributed by atoms with E-state index in [1.165, 1.54) is 0 Å². The fraction of sp³-hybridized carbons (Fsp3) is 0.286. The van der Waals surface area contributed by atoms with E-state index in [-0.39, 0.29) is 5.92 Å². The maximum Gasteiger partial charge on any atom is 0.0701 e. The summed E-state index contributed by atoms with van der Waals surface area (Å²) >= 11 is 3.29. The van der Waals surface area contributed by atoms with E-state index in [4.69, 9.17) is 5.26 Å². The molecule has 0 bridgehead atoms. The lowest BCUT2D eigenvalue weighted by Gasteiger charge is -2.03. The first-order valence-electron chi connectivity index (χ1n) is 2.76. The Morgan fingerprint density at radius 3 is 3.00 bits per heavy atom. The zero-order valence-corrected chi connectivity index (χ0v) is 6.43. The van der Waals surface area contributed by atoms with Crippen LogP contribution < -0.4 is 0 Å². The summed E-state index contributed by atoms with van der Waals surface area (Å²) in [6.07, 6.45) is 6.73. The fourth-order valence-corrected chi connectivity index (χ4v) is 1.24. The number of rotatable bonds is 0. The highest BCUT2D eigenvalue weighted by Crippen LogP contribution is 2.19. The Morgan fingerprint density at radius 2 is 2.56 bits per heavy atom. The normalized spacial score (nSPS) is 24.9. The Labute approximate surface area is 62.8 Å². The molecule has 0 aliphatic heterocycles. The number of hydrogen-bond donors (Lipinski definition) is 0. The first-order chi connectivity index (χ1) is 4.33. The van der Waals surface area contributed by atoms with E-state index in [0.717, 1.165) is 10.9 Å². The second-order valence-electron chi connectivity index (χ2n) is 1.93. The molecule has 1 nitrogen and oxygen atoms in total. The predicted octanol–water partition coefficient (Wildman–Crippen LogP) is 2.36. The smallest absolute Gasteiger partial charge is 0.0701 e. The van der Waals surface area contributed by atoms with Gasteiger partial charge in [-0.3, -0.25) is 0 Å². The molecule has 0 aromatic heterocycles. The van der Waals surface area contributed by atoms with Crippen molar-refractivity contribution in [3.8, 4) is 6.07 Å². The van der Waals surface area contributed by atoms with Crippen LogP contribution in [-0.2, 0) is 0 Å². The van der Waals surface area contributed by atoms with E-state index < -0.39 is 0 Å². The van der Waals surface area contributed by atoms with Crippen molar-refractivity contribution in [2.45, 2.75) is 6.42 Å². The molecule has 1 atom stereocenters. The Kier molecular flexibility index (Phi) is 2.07. The minimum atomic E-state index is 0.0735. The minimum Gasteiger partial charge on any atom is -0.198 e. The summed E-state index contributed by atoms with van der Waals surface area (Å²) in [4.78, 5) is 0. The van der Waals surface area contributed by atoms with E-state index in [2.05, 4.69) is 22.0 Å². The molecule has 0 radical (unpaired) electrons. The third-order valence-corrected chi connectivity index (χ3v) is 1.72. The van der Waals surface area contributed by atoms with Gasteiger partial charge in [-0.15, -0.1) is 0 Å². The summed E-state index contributed by atoms with van der Waals surface area (Å²) in [6, 6.07) is 2.18. The Morgan fingerprint density at radius 1 is 1.78 bits per heavy atom. The van der Waals surface area contributed by atoms with Gasteiger partial charge < -0.3 is 0 Å². The molecule has 9 heavy (non-hydrogen) atoms. The lowest BCUT2D eigenvalue weighted by atomic mass is 10.0. The van der Waals surface area contributed by atoms with E-state index in [0.29, 0.717) is 0 Å². The van der Waals surface area contributed by atoms with Crippen LogP contribution in [0.5, 0.6) is 0 Å². The van der Waals surface area contributed by atoms with E-state index in [9.17, 15) is 0 Å². The van der Waals surface area contributed by atoms with Crippen molar-refractivity contribution in [2.24, 2.45) is 5.92 Å². The zero-order valence-electron chi connectivity index (χ0n) is 4.84. The van der Waals surface area contributed by atoms with Crippen LogP contribution in [0, 0.1) is 17.2 Å². The fourth-order valence-electron chi connectivity index (χ4n) is 0.733. The van der Waals surface area contributed by atoms with Gasteiger partial charge in [-0.2, -0.15) is 5.26 Å². The number of nitrogens with zero attached hydrogens (tertiary/aromatic N) is 1. The summed E-state index contributed by atoms with van der Waals surface area (Å²) in [6.45, 7) is 0. The SMILES string of the molecule is N#CC1C=C(Br)C=CC1. The van der Waals surface area contributed by atoms with Crippen molar-refractivity contribution in [1.82, 2.24) is 0 Å². The Balaban J connectivity index is 2.69. The predicted molar refractivity (Wildman–Crippen MR) is 39.9 cm³/mol. The molecular formula is C7H6BrN. The average molecular weight is 184 g/mol. The molecule has 0 amide bonds. The van der Waals surface area contributed by atoms with Gasteiger partial charge in [0.25, 0.3) is 0 Å². The molecule has 1 aliphatic carbocycles. The topological polar surface area (TPSA) is 23.8 Å². The highest BCUT2D eigenvalue weighted by atomic mass is 79.9. The molecule has 1 aliphatic rings. The summed E-state index contributed by atoms with van der Waals surface area (Å²) in [5.41, 5.74) is 0. The third-order valence-electron chi connectivity index (χ3n) is 1.19. The molecule has 0 aromatic rings. The number of hydrogen-bond acceptors (Lipinski definition) is 1. The highest BCUT2D eigenvalue weighted by molar-refractivity contribution is 9.11. The monoisotopic (exact) mass is 183 g/mol. The molecule has 0 N–H and O–H groups in total. The van der Waals surface area contributed by atoms with Crippen LogP contribution >= 0.6 is 15.9 Å². The Hall–Kier alpha value is -0.550. The van der Waals surface area contributed by atoms with Gasteiger partial charge in [0.2, 0.25) is 0 Å². The Bertz CT molecular complexity index is 197. The second-order valence-corrected chi connectivity index (χ2v) is 2.84. The lowest BCUT2D eigenvalue weighted by molar-refractivity contribution is 0.836. The van der Waals surface area contributed by atoms with Crippen LogP contribution in [0.3, 0.4) is 0 Å². The van der Waals surface area contributed by atoms with Crippen LogP contribution in [0.4, 0.5) is 0 Å². The molecule has 46 valence electrons. The second kappa shape index (κ2) is 2.84. The molecular weight excluding hydrogens is 178 g/mol. The highest BCUT2D eigenvalue weighted by Gasteiger charge is 2.04. The van der Waals surface area contributed by atoms with Gasteiger partial charge in [-0.25, -0.2) is 0 Å². The molecule has 0 saturated carbocycles. The van der Waals surface area contributed by atoms with Gasteiger partial charge in [0.05, 0.1) is 12.0 Å². The summed E-state index contributed by atoms with van der Waals surface area (Å²) in [5, 5.41) is 8.46. The lowest BCUT2D eigenvalue weighted by Crippen LogP contribution is -1.93. The molecule has 1 unspecified atom stereocenters. The largest absolute Gasteiger partial charge is 0.198 e. The molecule has 0 fully saturated rings. The van der Waals surface area contributed by atoms with Gasteiger partial charge in [0.1, 0.15) is 0 Å². The van der Waals surface area contributed by atoms with Crippen LogP contribution in [0.25, 0.3) is 0 Å². The van der Waals surface area contributed by atoms with E-state index >= 15 is 0 Å². The number of halogens is 1. The average Bonchev–Trinajstić information content (AvgIpc) is 1.88. The van der Waals surface area contributed by atoms with Gasteiger partial charge in [-0.05, 0) is 6.42 Å². The van der Waals surface area contributed by atoms with Crippen molar-refractivity contribution in [1.29, 1.82) is 5.26 Å². The molecule has 1 rings (SSSR count). The molecule has 0 heterocycles. The van der Waals surface area contributed by atoms with Crippen LogP contribution in [-0.4, -0.2) is 0 Å². The maximum atomic E-state index is 8.46. The van der Waals surface area contributed by atoms with Crippen molar-refractivity contribution in [3.05, 3.63) is 22.7 Å². The molecule has 0 spiro atoms. The van der Waals surface area contributed by atoms with Crippen LogP contribution in [0.2, 0.25) is 0 Å². The first kappa shape index (κ1) is 6.57. The van der Waals surface area contributed by atoms with Gasteiger partial charge in [0.15, 0.2) is 0 Å². The van der Waals surface area contributed by atoms with E-state index in [1.54, 1.807) is 0 Å². The summed E-state index contributed by atoms with van der Waals surface area (Å²) < 4.78 is 1.01. The van der Waals surface area contributed by atoms with Crippen LogP contribution in [0.15, 0.2) is 22.7 Å². The number of allylic oxidation sites excluding steroid dienone is 4. The quantitative estimate of drug-likeness (QED) is 0.566. The van der Waals surface area contributed by atoms with Crippen LogP contribution in [0.1, 0.15) is 6.42 Å². The van der Waals surface area contributed by atoms with Crippen molar-refractivity contribution < 1.29 is 0 Å². The molecule has 0 aromatic carbocycles. The zero-order chi connectivity index (χ0) is 6.69.